The maximum Gasteiger partial charge on any atom is 0.261 e. The Kier molecular flexibility index (Phi) is 5.00. The van der Waals surface area contributed by atoms with Crippen molar-refractivity contribution in [3.05, 3.63) is 50.6 Å². The van der Waals surface area contributed by atoms with Gasteiger partial charge in [-0.15, -0.1) is 11.3 Å². The monoisotopic (exact) mass is 328 g/mol. The Morgan fingerprint density at radius 1 is 1.15 bits per heavy atom. The van der Waals surface area contributed by atoms with Gasteiger partial charge in [0.2, 0.25) is 5.91 Å². The SMILES string of the molecule is O=C(CNC(=O)c1cccs1)Nc1cccc(Cl)c1Cl. The van der Waals surface area contributed by atoms with Gasteiger partial charge in [-0.2, -0.15) is 0 Å². The van der Waals surface area contributed by atoms with Crippen molar-refractivity contribution in [2.75, 3.05) is 11.9 Å². The second kappa shape index (κ2) is 6.74. The average Bonchev–Trinajstić information content (AvgIpc) is 2.95. The molecule has 0 unspecified atom stereocenters. The van der Waals surface area contributed by atoms with Crippen LogP contribution in [0.1, 0.15) is 9.67 Å². The molecule has 0 saturated heterocycles. The summed E-state index contributed by atoms with van der Waals surface area (Å²) in [7, 11) is 0. The van der Waals surface area contributed by atoms with E-state index in [4.69, 9.17) is 23.2 Å². The van der Waals surface area contributed by atoms with Crippen LogP contribution in [-0.4, -0.2) is 18.4 Å². The van der Waals surface area contributed by atoms with Crippen molar-refractivity contribution >= 4 is 52.0 Å². The van der Waals surface area contributed by atoms with Crippen molar-refractivity contribution in [3.63, 3.8) is 0 Å². The van der Waals surface area contributed by atoms with Crippen molar-refractivity contribution in [2.45, 2.75) is 0 Å². The van der Waals surface area contributed by atoms with E-state index in [-0.39, 0.29) is 23.4 Å². The fraction of sp³-hybridized carbons (Fsp3) is 0.0769. The molecule has 1 aromatic carbocycles. The van der Waals surface area contributed by atoms with Crippen LogP contribution in [-0.2, 0) is 4.79 Å². The van der Waals surface area contributed by atoms with Crippen molar-refractivity contribution in [3.8, 4) is 0 Å². The van der Waals surface area contributed by atoms with E-state index in [0.717, 1.165) is 0 Å². The summed E-state index contributed by atoms with van der Waals surface area (Å²) in [6, 6.07) is 8.39. The summed E-state index contributed by atoms with van der Waals surface area (Å²) >= 11 is 13.1. The van der Waals surface area contributed by atoms with Crippen molar-refractivity contribution < 1.29 is 9.59 Å². The average molecular weight is 329 g/mol. The van der Waals surface area contributed by atoms with Crippen LogP contribution >= 0.6 is 34.5 Å². The van der Waals surface area contributed by atoms with Crippen LogP contribution in [0.25, 0.3) is 0 Å². The highest BCUT2D eigenvalue weighted by molar-refractivity contribution is 7.12. The van der Waals surface area contributed by atoms with Gasteiger partial charge in [-0.3, -0.25) is 9.59 Å². The van der Waals surface area contributed by atoms with Crippen LogP contribution in [0.15, 0.2) is 35.7 Å². The van der Waals surface area contributed by atoms with Gasteiger partial charge in [0.05, 0.1) is 27.2 Å². The quantitative estimate of drug-likeness (QED) is 0.903. The standard InChI is InChI=1S/C13H10Cl2N2O2S/c14-8-3-1-4-9(12(8)15)17-11(18)7-16-13(19)10-5-2-6-20-10/h1-6H,7H2,(H,16,19)(H,17,18). The van der Waals surface area contributed by atoms with Crippen LogP contribution in [0, 0.1) is 0 Å². The minimum atomic E-state index is -0.376. The lowest BCUT2D eigenvalue weighted by Crippen LogP contribution is -2.32. The van der Waals surface area contributed by atoms with Crippen LogP contribution < -0.4 is 10.6 Å². The van der Waals surface area contributed by atoms with Crippen LogP contribution in [0.2, 0.25) is 10.0 Å². The zero-order valence-corrected chi connectivity index (χ0v) is 12.5. The maximum absolute atomic E-state index is 11.7. The molecule has 0 radical (unpaired) electrons. The number of hydrogen-bond acceptors (Lipinski definition) is 3. The molecule has 20 heavy (non-hydrogen) atoms. The third-order valence-corrected chi connectivity index (χ3v) is 4.07. The molecule has 0 bridgehead atoms. The predicted molar refractivity (Wildman–Crippen MR) is 81.7 cm³/mol. The van der Waals surface area contributed by atoms with E-state index in [1.54, 1.807) is 35.7 Å². The Bertz CT molecular complexity index is 629. The molecule has 2 rings (SSSR count). The number of thiophene rings is 1. The molecule has 7 heteroatoms. The first kappa shape index (κ1) is 14.8. The number of carbonyl (C=O) groups excluding carboxylic acids is 2. The summed E-state index contributed by atoms with van der Waals surface area (Å²) in [5.41, 5.74) is 0.412. The molecule has 0 fully saturated rings. The molecule has 0 aliphatic carbocycles. The molecular formula is C13H10Cl2N2O2S. The summed E-state index contributed by atoms with van der Waals surface area (Å²) in [6.45, 7) is -0.139. The molecule has 2 N–H and O–H groups in total. The van der Waals surface area contributed by atoms with Gasteiger partial charge in [0.15, 0.2) is 0 Å². The van der Waals surface area contributed by atoms with Gasteiger partial charge in [-0.05, 0) is 23.6 Å². The smallest absolute Gasteiger partial charge is 0.261 e. The van der Waals surface area contributed by atoms with E-state index in [1.165, 1.54) is 11.3 Å². The Morgan fingerprint density at radius 2 is 1.95 bits per heavy atom. The van der Waals surface area contributed by atoms with E-state index in [2.05, 4.69) is 10.6 Å². The Balaban J connectivity index is 1.90. The lowest BCUT2D eigenvalue weighted by Gasteiger charge is -2.08. The zero-order chi connectivity index (χ0) is 14.5. The summed E-state index contributed by atoms with van der Waals surface area (Å²) in [5, 5.41) is 7.52. The highest BCUT2D eigenvalue weighted by Crippen LogP contribution is 2.29. The highest BCUT2D eigenvalue weighted by atomic mass is 35.5. The second-order valence-electron chi connectivity index (χ2n) is 3.81. The third-order valence-electron chi connectivity index (χ3n) is 2.38. The molecule has 104 valence electrons. The van der Waals surface area contributed by atoms with Gasteiger partial charge >= 0.3 is 0 Å². The first-order valence-corrected chi connectivity index (χ1v) is 7.27. The van der Waals surface area contributed by atoms with Crippen molar-refractivity contribution in [1.29, 1.82) is 0 Å². The molecular weight excluding hydrogens is 319 g/mol. The number of rotatable bonds is 4. The number of anilines is 1. The van der Waals surface area contributed by atoms with E-state index in [9.17, 15) is 9.59 Å². The zero-order valence-electron chi connectivity index (χ0n) is 10.2. The molecule has 1 aromatic heterocycles. The fourth-order valence-corrected chi connectivity index (χ4v) is 2.44. The Morgan fingerprint density at radius 3 is 2.65 bits per heavy atom. The predicted octanol–water partition coefficient (Wildman–Crippen LogP) is 3.42. The molecule has 0 aliphatic heterocycles. The van der Waals surface area contributed by atoms with Gasteiger partial charge in [0.1, 0.15) is 0 Å². The molecule has 2 aromatic rings. The summed E-state index contributed by atoms with van der Waals surface area (Å²) in [4.78, 5) is 23.9. The molecule has 2 amide bonds. The van der Waals surface area contributed by atoms with E-state index in [1.807, 2.05) is 0 Å². The van der Waals surface area contributed by atoms with Crippen molar-refractivity contribution in [1.82, 2.24) is 5.32 Å². The van der Waals surface area contributed by atoms with Crippen molar-refractivity contribution in [2.24, 2.45) is 0 Å². The third kappa shape index (κ3) is 3.72. The summed E-state index contributed by atoms with van der Waals surface area (Å²) in [5.74, 6) is -0.661. The number of carbonyl (C=O) groups is 2. The van der Waals surface area contributed by atoms with Gasteiger partial charge < -0.3 is 10.6 Å². The molecule has 0 spiro atoms. The Hall–Kier alpha value is -1.56. The summed E-state index contributed by atoms with van der Waals surface area (Å²) in [6.07, 6.45) is 0. The fourth-order valence-electron chi connectivity index (χ4n) is 1.45. The molecule has 4 nitrogen and oxygen atoms in total. The second-order valence-corrected chi connectivity index (χ2v) is 5.54. The summed E-state index contributed by atoms with van der Waals surface area (Å²) < 4.78 is 0. The lowest BCUT2D eigenvalue weighted by molar-refractivity contribution is -0.115. The number of halogens is 2. The molecule has 0 saturated carbocycles. The van der Waals surface area contributed by atoms with Gasteiger partial charge in [-0.1, -0.05) is 35.3 Å². The lowest BCUT2D eigenvalue weighted by atomic mass is 10.3. The molecule has 0 atom stereocenters. The van der Waals surface area contributed by atoms with Gasteiger partial charge in [-0.25, -0.2) is 0 Å². The molecule has 0 aliphatic rings. The minimum Gasteiger partial charge on any atom is -0.342 e. The van der Waals surface area contributed by atoms with Crippen LogP contribution in [0.4, 0.5) is 5.69 Å². The minimum absolute atomic E-state index is 0.139. The largest absolute Gasteiger partial charge is 0.342 e. The first-order valence-electron chi connectivity index (χ1n) is 5.63. The first-order chi connectivity index (χ1) is 9.58. The number of nitrogens with one attached hydrogen (secondary N) is 2. The van der Waals surface area contributed by atoms with E-state index >= 15 is 0 Å². The van der Waals surface area contributed by atoms with E-state index in [0.29, 0.717) is 15.6 Å². The van der Waals surface area contributed by atoms with Crippen LogP contribution in [0.3, 0.4) is 0 Å². The maximum atomic E-state index is 11.7. The van der Waals surface area contributed by atoms with E-state index < -0.39 is 0 Å². The number of amides is 2. The van der Waals surface area contributed by atoms with Gasteiger partial charge in [0.25, 0.3) is 5.91 Å². The highest BCUT2D eigenvalue weighted by Gasteiger charge is 2.11. The molecule has 1 heterocycles. The number of benzene rings is 1. The van der Waals surface area contributed by atoms with Gasteiger partial charge in [0, 0.05) is 0 Å². The normalized spacial score (nSPS) is 10.1. The van der Waals surface area contributed by atoms with Crippen LogP contribution in [0.5, 0.6) is 0 Å². The topological polar surface area (TPSA) is 58.2 Å². The Labute approximate surface area is 129 Å². The number of hydrogen-bond donors (Lipinski definition) is 2.